The van der Waals surface area contributed by atoms with Crippen LogP contribution < -0.4 is 4.90 Å². The van der Waals surface area contributed by atoms with Crippen molar-refractivity contribution < 1.29 is 0 Å². The molecule has 5 heteroatoms. The van der Waals surface area contributed by atoms with Crippen molar-refractivity contribution in [1.82, 2.24) is 4.98 Å². The average Bonchev–Trinajstić information content (AvgIpc) is 2.56. The standard InChI is InChI=1S/C9H8BrClN2S/c1-13(2)9-12-6-4-3-5(10)7(11)8(6)14-9/h3-4H,1-2H3. The zero-order valence-corrected chi connectivity index (χ0v) is 10.9. The molecule has 2 aromatic rings. The van der Waals surface area contributed by atoms with Gasteiger partial charge in [-0.1, -0.05) is 22.9 Å². The molecule has 0 aliphatic carbocycles. The topological polar surface area (TPSA) is 16.1 Å². The molecule has 0 fully saturated rings. The van der Waals surface area contributed by atoms with Gasteiger partial charge < -0.3 is 4.90 Å². The van der Waals surface area contributed by atoms with Crippen molar-refractivity contribution in [2.24, 2.45) is 0 Å². The normalized spacial score (nSPS) is 10.9. The van der Waals surface area contributed by atoms with Gasteiger partial charge in [-0.3, -0.25) is 0 Å². The molecule has 0 bridgehead atoms. The number of hydrogen-bond acceptors (Lipinski definition) is 3. The molecule has 14 heavy (non-hydrogen) atoms. The maximum absolute atomic E-state index is 6.15. The summed E-state index contributed by atoms with van der Waals surface area (Å²) in [5.74, 6) is 0. The molecule has 0 saturated carbocycles. The highest BCUT2D eigenvalue weighted by molar-refractivity contribution is 9.10. The number of rotatable bonds is 1. The average molecular weight is 292 g/mol. The van der Waals surface area contributed by atoms with Gasteiger partial charge in [-0.15, -0.1) is 0 Å². The lowest BCUT2D eigenvalue weighted by molar-refractivity contribution is 1.11. The molecule has 74 valence electrons. The van der Waals surface area contributed by atoms with Crippen molar-refractivity contribution in [3.63, 3.8) is 0 Å². The number of nitrogens with zero attached hydrogens (tertiary/aromatic N) is 2. The second-order valence-electron chi connectivity index (χ2n) is 3.10. The molecule has 0 unspecified atom stereocenters. The molecule has 0 saturated heterocycles. The number of fused-ring (bicyclic) bond motifs is 1. The van der Waals surface area contributed by atoms with Crippen LogP contribution in [0.5, 0.6) is 0 Å². The predicted molar refractivity (Wildman–Crippen MR) is 66.7 cm³/mol. The summed E-state index contributed by atoms with van der Waals surface area (Å²) < 4.78 is 1.95. The van der Waals surface area contributed by atoms with Gasteiger partial charge >= 0.3 is 0 Å². The third-order valence-corrected chi connectivity index (χ3v) is 4.47. The third kappa shape index (κ3) is 1.62. The fourth-order valence-corrected chi connectivity index (χ4v) is 2.78. The highest BCUT2D eigenvalue weighted by atomic mass is 79.9. The van der Waals surface area contributed by atoms with Gasteiger partial charge in [0.1, 0.15) is 0 Å². The summed E-state index contributed by atoms with van der Waals surface area (Å²) in [5, 5.41) is 1.72. The lowest BCUT2D eigenvalue weighted by atomic mass is 10.3. The van der Waals surface area contributed by atoms with Crippen molar-refractivity contribution in [3.05, 3.63) is 21.6 Å². The van der Waals surface area contributed by atoms with E-state index in [9.17, 15) is 0 Å². The van der Waals surface area contributed by atoms with Crippen LogP contribution in [0.1, 0.15) is 0 Å². The maximum atomic E-state index is 6.15. The third-order valence-electron chi connectivity index (χ3n) is 1.82. The molecular weight excluding hydrogens is 284 g/mol. The van der Waals surface area contributed by atoms with Gasteiger partial charge in [-0.2, -0.15) is 0 Å². The van der Waals surface area contributed by atoms with E-state index in [1.54, 1.807) is 11.3 Å². The van der Waals surface area contributed by atoms with E-state index in [0.717, 1.165) is 24.8 Å². The maximum Gasteiger partial charge on any atom is 0.185 e. The predicted octanol–water partition coefficient (Wildman–Crippen LogP) is 3.78. The molecular formula is C9H8BrClN2S. The van der Waals surface area contributed by atoms with Gasteiger partial charge in [0, 0.05) is 18.6 Å². The summed E-state index contributed by atoms with van der Waals surface area (Å²) >= 11 is 11.1. The summed E-state index contributed by atoms with van der Waals surface area (Å²) in [6, 6.07) is 3.89. The number of halogens is 2. The zero-order chi connectivity index (χ0) is 10.3. The molecule has 0 aliphatic rings. The quantitative estimate of drug-likeness (QED) is 0.795. The summed E-state index contributed by atoms with van der Waals surface area (Å²) in [5.41, 5.74) is 0.951. The number of anilines is 1. The van der Waals surface area contributed by atoms with Gasteiger partial charge in [0.25, 0.3) is 0 Å². The molecule has 2 nitrogen and oxygen atoms in total. The number of thiazole rings is 1. The van der Waals surface area contributed by atoms with Crippen molar-refractivity contribution in [2.45, 2.75) is 0 Å². The van der Waals surface area contributed by atoms with Crippen molar-refractivity contribution in [3.8, 4) is 0 Å². The molecule has 2 rings (SSSR count). The Labute approximate surface area is 99.6 Å². The largest absolute Gasteiger partial charge is 0.354 e. The minimum Gasteiger partial charge on any atom is -0.354 e. The minimum absolute atomic E-state index is 0.744. The molecule has 0 amide bonds. The molecule has 0 atom stereocenters. The van der Waals surface area contributed by atoms with E-state index in [-0.39, 0.29) is 0 Å². The Balaban J connectivity index is 2.71. The summed E-state index contributed by atoms with van der Waals surface area (Å²) in [7, 11) is 3.95. The second kappa shape index (κ2) is 3.68. The number of benzene rings is 1. The van der Waals surface area contributed by atoms with Gasteiger partial charge in [0.2, 0.25) is 0 Å². The van der Waals surface area contributed by atoms with Crippen LogP contribution in [-0.2, 0) is 0 Å². The minimum atomic E-state index is 0.744. The SMILES string of the molecule is CN(C)c1nc2ccc(Br)c(Cl)c2s1. The van der Waals surface area contributed by atoms with Crippen LogP contribution in [0, 0.1) is 0 Å². The molecule has 1 aromatic carbocycles. The molecule has 1 heterocycles. The van der Waals surface area contributed by atoms with Crippen LogP contribution in [0.4, 0.5) is 5.13 Å². The Bertz CT molecular complexity index is 481. The highest BCUT2D eigenvalue weighted by Crippen LogP contribution is 2.37. The molecule has 1 aromatic heterocycles. The van der Waals surface area contributed by atoms with Crippen LogP contribution >= 0.6 is 38.9 Å². The molecule has 0 spiro atoms. The van der Waals surface area contributed by atoms with Gasteiger partial charge in [-0.05, 0) is 28.1 Å². The number of aromatic nitrogens is 1. The first-order chi connectivity index (χ1) is 6.59. The summed E-state index contributed by atoms with van der Waals surface area (Å²) in [6.07, 6.45) is 0. The van der Waals surface area contributed by atoms with E-state index >= 15 is 0 Å². The summed E-state index contributed by atoms with van der Waals surface area (Å²) in [4.78, 5) is 6.43. The molecule has 0 radical (unpaired) electrons. The van der Waals surface area contributed by atoms with Crippen LogP contribution in [-0.4, -0.2) is 19.1 Å². The van der Waals surface area contributed by atoms with E-state index in [4.69, 9.17) is 11.6 Å². The molecule has 0 N–H and O–H groups in total. The Hall–Kier alpha value is -0.320. The molecule has 0 aliphatic heterocycles. The van der Waals surface area contributed by atoms with E-state index in [2.05, 4.69) is 20.9 Å². The van der Waals surface area contributed by atoms with E-state index in [0.29, 0.717) is 0 Å². The van der Waals surface area contributed by atoms with Crippen LogP contribution in [0.15, 0.2) is 16.6 Å². The smallest absolute Gasteiger partial charge is 0.185 e. The lowest BCUT2D eigenvalue weighted by Gasteiger charge is -2.04. The Kier molecular flexibility index (Phi) is 2.68. The summed E-state index contributed by atoms with van der Waals surface area (Å²) in [6.45, 7) is 0. The first kappa shape index (κ1) is 10.2. The first-order valence-corrected chi connectivity index (χ1v) is 6.00. The van der Waals surface area contributed by atoms with Crippen molar-refractivity contribution >= 4 is 54.2 Å². The monoisotopic (exact) mass is 290 g/mol. The van der Waals surface area contributed by atoms with Gasteiger partial charge in [-0.25, -0.2) is 4.98 Å². The van der Waals surface area contributed by atoms with Crippen LogP contribution in [0.25, 0.3) is 10.2 Å². The fraction of sp³-hybridized carbons (Fsp3) is 0.222. The van der Waals surface area contributed by atoms with E-state index < -0.39 is 0 Å². The Morgan fingerprint density at radius 2 is 2.14 bits per heavy atom. The number of hydrogen-bond donors (Lipinski definition) is 0. The first-order valence-electron chi connectivity index (χ1n) is 4.01. The Morgan fingerprint density at radius 1 is 1.43 bits per heavy atom. The Morgan fingerprint density at radius 3 is 2.79 bits per heavy atom. The highest BCUT2D eigenvalue weighted by Gasteiger charge is 2.10. The van der Waals surface area contributed by atoms with Gasteiger partial charge in [0.15, 0.2) is 5.13 Å². The zero-order valence-electron chi connectivity index (χ0n) is 7.71. The second-order valence-corrected chi connectivity index (χ2v) is 5.31. The van der Waals surface area contributed by atoms with Crippen molar-refractivity contribution in [1.29, 1.82) is 0 Å². The van der Waals surface area contributed by atoms with Gasteiger partial charge in [0.05, 0.1) is 15.2 Å². The van der Waals surface area contributed by atoms with Crippen molar-refractivity contribution in [2.75, 3.05) is 19.0 Å². The fourth-order valence-electron chi connectivity index (χ4n) is 1.12. The van der Waals surface area contributed by atoms with Crippen LogP contribution in [0.3, 0.4) is 0 Å². The lowest BCUT2D eigenvalue weighted by Crippen LogP contribution is -2.07. The van der Waals surface area contributed by atoms with E-state index in [1.807, 2.05) is 31.1 Å². The van der Waals surface area contributed by atoms with Crippen LogP contribution in [0.2, 0.25) is 5.02 Å². The van der Waals surface area contributed by atoms with E-state index in [1.165, 1.54) is 0 Å².